The Morgan fingerprint density at radius 3 is 1.87 bits per heavy atom. The number of para-hydroxylation sites is 1. The molecule has 0 spiro atoms. The summed E-state index contributed by atoms with van der Waals surface area (Å²) in [5.41, 5.74) is 4.25. The third-order valence-corrected chi connectivity index (χ3v) is 9.31. The smallest absolute Gasteiger partial charge is 0.137 e. The SMILES string of the molecule is c1ccc(P(c2ccccc2)c2ccc3c4ccccc4n(-c4ccc(-c5ccccn5)cn4)c3c2)cc1. The van der Waals surface area contributed by atoms with E-state index in [1.54, 1.807) is 0 Å². The maximum Gasteiger partial charge on any atom is 0.137 e. The topological polar surface area (TPSA) is 30.7 Å². The molecule has 4 heteroatoms. The van der Waals surface area contributed by atoms with Gasteiger partial charge in [0.2, 0.25) is 0 Å². The summed E-state index contributed by atoms with van der Waals surface area (Å²) in [6, 6.07) is 47.4. The van der Waals surface area contributed by atoms with Crippen LogP contribution in [0.15, 0.2) is 146 Å². The molecule has 38 heavy (non-hydrogen) atoms. The Bertz CT molecular complexity index is 1810. The quantitative estimate of drug-likeness (QED) is 0.236. The Kier molecular flexibility index (Phi) is 5.77. The number of fused-ring (bicyclic) bond motifs is 3. The van der Waals surface area contributed by atoms with Crippen molar-refractivity contribution in [3.8, 4) is 17.1 Å². The highest BCUT2D eigenvalue weighted by molar-refractivity contribution is 7.79. The molecule has 0 aliphatic heterocycles. The first-order valence-corrected chi connectivity index (χ1v) is 14.0. The van der Waals surface area contributed by atoms with Crippen molar-refractivity contribution in [2.24, 2.45) is 0 Å². The van der Waals surface area contributed by atoms with Crippen LogP contribution in [0.5, 0.6) is 0 Å². The average Bonchev–Trinajstić information content (AvgIpc) is 3.33. The molecule has 3 nitrogen and oxygen atoms in total. The van der Waals surface area contributed by atoms with Crippen LogP contribution in [0.1, 0.15) is 0 Å². The Balaban J connectivity index is 1.43. The van der Waals surface area contributed by atoms with Crippen molar-refractivity contribution < 1.29 is 0 Å². The van der Waals surface area contributed by atoms with Crippen LogP contribution in [0.25, 0.3) is 38.9 Å². The lowest BCUT2D eigenvalue weighted by molar-refractivity contribution is 1.08. The van der Waals surface area contributed by atoms with E-state index in [0.717, 1.165) is 22.6 Å². The molecule has 0 radical (unpaired) electrons. The molecule has 0 amide bonds. The minimum atomic E-state index is -0.707. The van der Waals surface area contributed by atoms with Gasteiger partial charge in [0.05, 0.1) is 16.7 Å². The fraction of sp³-hybridized carbons (Fsp3) is 0. The maximum atomic E-state index is 4.92. The molecule has 0 unspecified atom stereocenters. The van der Waals surface area contributed by atoms with E-state index in [-0.39, 0.29) is 0 Å². The van der Waals surface area contributed by atoms with Crippen LogP contribution in [0.2, 0.25) is 0 Å². The molecular weight excluding hydrogens is 481 g/mol. The maximum absolute atomic E-state index is 4.92. The van der Waals surface area contributed by atoms with Gasteiger partial charge in [0.1, 0.15) is 5.82 Å². The molecule has 0 saturated heterocycles. The number of aromatic nitrogens is 3. The zero-order valence-electron chi connectivity index (χ0n) is 20.6. The van der Waals surface area contributed by atoms with E-state index in [4.69, 9.17) is 4.98 Å². The largest absolute Gasteiger partial charge is 0.294 e. The number of hydrogen-bond donors (Lipinski definition) is 0. The normalized spacial score (nSPS) is 11.4. The Morgan fingerprint density at radius 2 is 1.18 bits per heavy atom. The van der Waals surface area contributed by atoms with Crippen LogP contribution in [0, 0.1) is 0 Å². The molecule has 0 aliphatic carbocycles. The summed E-state index contributed by atoms with van der Waals surface area (Å²) < 4.78 is 2.29. The van der Waals surface area contributed by atoms with Gasteiger partial charge in [-0.2, -0.15) is 0 Å². The van der Waals surface area contributed by atoms with Crippen molar-refractivity contribution in [2.75, 3.05) is 0 Å². The molecule has 3 aromatic heterocycles. The van der Waals surface area contributed by atoms with Gasteiger partial charge in [-0.25, -0.2) is 4.98 Å². The molecule has 180 valence electrons. The highest BCUT2D eigenvalue weighted by Gasteiger charge is 2.19. The van der Waals surface area contributed by atoms with Gasteiger partial charge >= 0.3 is 0 Å². The molecule has 0 atom stereocenters. The Labute approximate surface area is 222 Å². The number of hydrogen-bond acceptors (Lipinski definition) is 2. The first kappa shape index (κ1) is 22.6. The van der Waals surface area contributed by atoms with Gasteiger partial charge in [0.15, 0.2) is 0 Å². The van der Waals surface area contributed by atoms with Crippen molar-refractivity contribution in [1.29, 1.82) is 0 Å². The van der Waals surface area contributed by atoms with E-state index in [1.807, 2.05) is 30.6 Å². The second-order valence-electron chi connectivity index (χ2n) is 9.18. The lowest BCUT2D eigenvalue weighted by Crippen LogP contribution is -2.20. The van der Waals surface area contributed by atoms with Gasteiger partial charge in [0, 0.05) is 28.7 Å². The molecule has 0 fully saturated rings. The van der Waals surface area contributed by atoms with Crippen LogP contribution in [0.3, 0.4) is 0 Å². The summed E-state index contributed by atoms with van der Waals surface area (Å²) >= 11 is 0. The molecule has 0 aliphatic rings. The zero-order chi connectivity index (χ0) is 25.3. The number of rotatable bonds is 5. The Hall–Kier alpha value is -4.59. The van der Waals surface area contributed by atoms with Crippen LogP contribution in [-0.4, -0.2) is 14.5 Å². The van der Waals surface area contributed by atoms with Gasteiger partial charge in [0.25, 0.3) is 0 Å². The third-order valence-electron chi connectivity index (χ3n) is 6.88. The fourth-order valence-electron chi connectivity index (χ4n) is 5.15. The zero-order valence-corrected chi connectivity index (χ0v) is 21.5. The third kappa shape index (κ3) is 3.98. The highest BCUT2D eigenvalue weighted by atomic mass is 31.1. The molecule has 0 saturated carbocycles. The van der Waals surface area contributed by atoms with Crippen LogP contribution in [0.4, 0.5) is 0 Å². The second kappa shape index (κ2) is 9.70. The highest BCUT2D eigenvalue weighted by Crippen LogP contribution is 2.37. The summed E-state index contributed by atoms with van der Waals surface area (Å²) in [4.78, 5) is 9.40. The summed E-state index contributed by atoms with van der Waals surface area (Å²) in [7, 11) is -0.707. The van der Waals surface area contributed by atoms with Gasteiger partial charge in [-0.3, -0.25) is 9.55 Å². The van der Waals surface area contributed by atoms with E-state index < -0.39 is 7.92 Å². The van der Waals surface area contributed by atoms with E-state index in [9.17, 15) is 0 Å². The average molecular weight is 506 g/mol. The molecule has 0 bridgehead atoms. The van der Waals surface area contributed by atoms with Gasteiger partial charge in [-0.15, -0.1) is 0 Å². The number of pyridine rings is 2. The van der Waals surface area contributed by atoms with E-state index in [1.165, 1.54) is 32.2 Å². The number of nitrogens with zero attached hydrogens (tertiary/aromatic N) is 3. The summed E-state index contributed by atoms with van der Waals surface area (Å²) in [5.74, 6) is 0.900. The molecule has 7 aromatic rings. The van der Waals surface area contributed by atoms with Crippen LogP contribution >= 0.6 is 7.92 Å². The first-order chi connectivity index (χ1) is 18.9. The summed E-state index contributed by atoms with van der Waals surface area (Å²) in [6.07, 6.45) is 3.73. The van der Waals surface area contributed by atoms with Crippen molar-refractivity contribution in [2.45, 2.75) is 0 Å². The predicted octanol–water partition coefficient (Wildman–Crippen LogP) is 7.00. The molecular formula is C34H24N3P. The summed E-state index contributed by atoms with van der Waals surface area (Å²) in [5, 5.41) is 6.46. The van der Waals surface area contributed by atoms with Gasteiger partial charge in [-0.05, 0) is 60.2 Å². The molecule has 7 rings (SSSR count). The molecule has 0 N–H and O–H groups in total. The van der Waals surface area contributed by atoms with E-state index in [2.05, 4.69) is 125 Å². The minimum Gasteiger partial charge on any atom is -0.294 e. The van der Waals surface area contributed by atoms with E-state index >= 15 is 0 Å². The standard InChI is InChI=1S/C34H24N3P/c1-3-11-26(12-4-1)38(27-13-5-2-6-14-27)28-19-20-30-29-15-7-8-17-32(29)37(33(30)23-28)34-21-18-25(24-36-34)31-16-9-10-22-35-31/h1-24H. The monoisotopic (exact) mass is 505 g/mol. The fourth-order valence-corrected chi connectivity index (χ4v) is 7.46. The molecule has 3 heterocycles. The Morgan fingerprint density at radius 1 is 0.500 bits per heavy atom. The lowest BCUT2D eigenvalue weighted by atomic mass is 10.2. The minimum absolute atomic E-state index is 0.707. The van der Waals surface area contributed by atoms with E-state index in [0.29, 0.717) is 0 Å². The first-order valence-electron chi connectivity index (χ1n) is 12.7. The van der Waals surface area contributed by atoms with Gasteiger partial charge in [-0.1, -0.05) is 97.1 Å². The van der Waals surface area contributed by atoms with Crippen molar-refractivity contribution >= 4 is 45.6 Å². The van der Waals surface area contributed by atoms with Crippen molar-refractivity contribution in [1.82, 2.24) is 14.5 Å². The van der Waals surface area contributed by atoms with Crippen molar-refractivity contribution in [3.63, 3.8) is 0 Å². The van der Waals surface area contributed by atoms with Crippen LogP contribution in [-0.2, 0) is 0 Å². The van der Waals surface area contributed by atoms with Crippen LogP contribution < -0.4 is 15.9 Å². The van der Waals surface area contributed by atoms with Gasteiger partial charge < -0.3 is 0 Å². The summed E-state index contributed by atoms with van der Waals surface area (Å²) in [6.45, 7) is 0. The number of benzene rings is 4. The molecule has 4 aromatic carbocycles. The lowest BCUT2D eigenvalue weighted by Gasteiger charge is -2.20. The second-order valence-corrected chi connectivity index (χ2v) is 11.4. The van der Waals surface area contributed by atoms with Crippen molar-refractivity contribution in [3.05, 3.63) is 146 Å². The predicted molar refractivity (Wildman–Crippen MR) is 161 cm³/mol.